The Hall–Kier alpha value is -2.54. The largest absolute Gasteiger partial charge is 0.495 e. The highest BCUT2D eigenvalue weighted by molar-refractivity contribution is 7.92. The Morgan fingerprint density at radius 2 is 1.92 bits per heavy atom. The van der Waals surface area contributed by atoms with E-state index in [2.05, 4.69) is 10.0 Å². The summed E-state index contributed by atoms with van der Waals surface area (Å²) in [5.41, 5.74) is 1.82. The number of nitrogens with one attached hydrogen (secondary N) is 2. The Morgan fingerprint density at radius 3 is 2.54 bits per heavy atom. The Balaban J connectivity index is 2.36. The number of hydrogen-bond acceptors (Lipinski definition) is 4. The van der Waals surface area contributed by atoms with Gasteiger partial charge in [0.15, 0.2) is 0 Å². The fourth-order valence-electron chi connectivity index (χ4n) is 2.21. The summed E-state index contributed by atoms with van der Waals surface area (Å²) < 4.78 is 32.8. The zero-order valence-electron chi connectivity index (χ0n) is 13.8. The SMILES string of the molecule is CCc1cccc(NS(=O)(=O)c2ccc(OC)c(NC(C)=O)c2)c1. The molecular formula is C17H20N2O4S. The summed E-state index contributed by atoms with van der Waals surface area (Å²) in [4.78, 5) is 11.3. The predicted molar refractivity (Wildman–Crippen MR) is 93.9 cm³/mol. The Morgan fingerprint density at radius 1 is 1.17 bits per heavy atom. The fourth-order valence-corrected chi connectivity index (χ4v) is 3.29. The van der Waals surface area contributed by atoms with Crippen molar-refractivity contribution in [1.29, 1.82) is 0 Å². The fraction of sp³-hybridized carbons (Fsp3) is 0.235. The van der Waals surface area contributed by atoms with Crippen LogP contribution in [0.25, 0.3) is 0 Å². The second kappa shape index (κ2) is 7.35. The van der Waals surface area contributed by atoms with Crippen molar-refractivity contribution in [3.63, 3.8) is 0 Å². The smallest absolute Gasteiger partial charge is 0.261 e. The number of hydrogen-bond donors (Lipinski definition) is 2. The minimum absolute atomic E-state index is 0.0361. The Bertz CT molecular complexity index is 847. The van der Waals surface area contributed by atoms with Gasteiger partial charge < -0.3 is 10.1 Å². The van der Waals surface area contributed by atoms with Crippen molar-refractivity contribution in [2.45, 2.75) is 25.2 Å². The third-order valence-electron chi connectivity index (χ3n) is 3.38. The summed E-state index contributed by atoms with van der Waals surface area (Å²) >= 11 is 0. The minimum atomic E-state index is -3.78. The van der Waals surface area contributed by atoms with Crippen LogP contribution in [0.2, 0.25) is 0 Å². The van der Waals surface area contributed by atoms with E-state index in [0.717, 1.165) is 12.0 Å². The number of amides is 1. The molecule has 0 aliphatic rings. The second-order valence-corrected chi connectivity index (χ2v) is 6.89. The molecule has 2 rings (SSSR count). The molecule has 0 aliphatic carbocycles. The molecule has 7 heteroatoms. The number of ether oxygens (including phenoxy) is 1. The van der Waals surface area contributed by atoms with Gasteiger partial charge in [-0.2, -0.15) is 0 Å². The number of sulfonamides is 1. The van der Waals surface area contributed by atoms with E-state index in [-0.39, 0.29) is 10.8 Å². The van der Waals surface area contributed by atoms with Crippen molar-refractivity contribution in [2.24, 2.45) is 0 Å². The van der Waals surface area contributed by atoms with Gasteiger partial charge in [-0.15, -0.1) is 0 Å². The number of carbonyl (C=O) groups excluding carboxylic acids is 1. The zero-order chi connectivity index (χ0) is 17.7. The van der Waals surface area contributed by atoms with Crippen molar-refractivity contribution in [2.75, 3.05) is 17.1 Å². The van der Waals surface area contributed by atoms with Gasteiger partial charge in [0.1, 0.15) is 5.75 Å². The summed E-state index contributed by atoms with van der Waals surface area (Å²) in [5, 5.41) is 2.56. The average Bonchev–Trinajstić information content (AvgIpc) is 2.54. The molecule has 0 bridgehead atoms. The molecule has 0 heterocycles. The maximum atomic E-state index is 12.6. The van der Waals surface area contributed by atoms with Crippen LogP contribution in [0.5, 0.6) is 5.75 Å². The van der Waals surface area contributed by atoms with E-state index in [1.807, 2.05) is 13.0 Å². The molecule has 0 aliphatic heterocycles. The lowest BCUT2D eigenvalue weighted by Crippen LogP contribution is -2.14. The Labute approximate surface area is 141 Å². The van der Waals surface area contributed by atoms with Crippen LogP contribution in [-0.4, -0.2) is 21.4 Å². The maximum absolute atomic E-state index is 12.6. The molecule has 6 nitrogen and oxygen atoms in total. The van der Waals surface area contributed by atoms with E-state index in [1.54, 1.807) is 18.2 Å². The molecule has 0 radical (unpaired) electrons. The molecule has 2 aromatic carbocycles. The lowest BCUT2D eigenvalue weighted by Gasteiger charge is -2.13. The predicted octanol–water partition coefficient (Wildman–Crippen LogP) is 3.02. The van der Waals surface area contributed by atoms with E-state index in [4.69, 9.17) is 4.74 Å². The first kappa shape index (κ1) is 17.8. The standard InChI is InChI=1S/C17H20N2O4S/c1-4-13-6-5-7-14(10-13)19-24(21,22)15-8-9-17(23-3)16(11-15)18-12(2)20/h5-11,19H,4H2,1-3H3,(H,18,20). The van der Waals surface area contributed by atoms with Gasteiger partial charge in [0.2, 0.25) is 5.91 Å². The molecule has 1 amide bonds. The van der Waals surface area contributed by atoms with Crippen LogP contribution in [0.15, 0.2) is 47.4 Å². The van der Waals surface area contributed by atoms with Crippen LogP contribution in [0.3, 0.4) is 0 Å². The highest BCUT2D eigenvalue weighted by atomic mass is 32.2. The van der Waals surface area contributed by atoms with Crippen LogP contribution < -0.4 is 14.8 Å². The number of carbonyl (C=O) groups is 1. The lowest BCUT2D eigenvalue weighted by atomic mass is 10.1. The molecule has 24 heavy (non-hydrogen) atoms. The third kappa shape index (κ3) is 4.26. The van der Waals surface area contributed by atoms with Gasteiger partial charge in [0.05, 0.1) is 17.7 Å². The maximum Gasteiger partial charge on any atom is 0.261 e. The summed E-state index contributed by atoms with van der Waals surface area (Å²) in [6.07, 6.45) is 0.810. The number of rotatable bonds is 6. The van der Waals surface area contributed by atoms with Gasteiger partial charge in [-0.3, -0.25) is 9.52 Å². The lowest BCUT2D eigenvalue weighted by molar-refractivity contribution is -0.114. The molecule has 0 fully saturated rings. The molecule has 0 unspecified atom stereocenters. The molecule has 2 aromatic rings. The van der Waals surface area contributed by atoms with E-state index in [9.17, 15) is 13.2 Å². The van der Waals surface area contributed by atoms with Gasteiger partial charge in [-0.05, 0) is 42.3 Å². The van der Waals surface area contributed by atoms with Crippen molar-refractivity contribution in [1.82, 2.24) is 0 Å². The van der Waals surface area contributed by atoms with E-state index >= 15 is 0 Å². The van der Waals surface area contributed by atoms with Crippen LogP contribution >= 0.6 is 0 Å². The first-order chi connectivity index (χ1) is 11.4. The quantitative estimate of drug-likeness (QED) is 0.840. The molecule has 128 valence electrons. The normalized spacial score (nSPS) is 11.0. The number of methoxy groups -OCH3 is 1. The topological polar surface area (TPSA) is 84.5 Å². The van der Waals surface area contributed by atoms with Gasteiger partial charge in [0, 0.05) is 12.6 Å². The van der Waals surface area contributed by atoms with Crippen LogP contribution in [-0.2, 0) is 21.2 Å². The van der Waals surface area contributed by atoms with Gasteiger partial charge in [-0.25, -0.2) is 8.42 Å². The summed E-state index contributed by atoms with van der Waals surface area (Å²) in [7, 11) is -2.33. The monoisotopic (exact) mass is 348 g/mol. The molecule has 2 N–H and O–H groups in total. The van der Waals surface area contributed by atoms with Crippen molar-refractivity contribution in [3.05, 3.63) is 48.0 Å². The molecular weight excluding hydrogens is 328 g/mol. The first-order valence-corrected chi connectivity index (χ1v) is 8.91. The van der Waals surface area contributed by atoms with E-state index in [0.29, 0.717) is 17.1 Å². The van der Waals surface area contributed by atoms with Crippen molar-refractivity contribution < 1.29 is 17.9 Å². The van der Waals surface area contributed by atoms with Crippen LogP contribution in [0, 0.1) is 0 Å². The third-order valence-corrected chi connectivity index (χ3v) is 4.76. The molecule has 0 atom stereocenters. The number of benzene rings is 2. The highest BCUT2D eigenvalue weighted by Crippen LogP contribution is 2.28. The minimum Gasteiger partial charge on any atom is -0.495 e. The average molecular weight is 348 g/mol. The van der Waals surface area contributed by atoms with Crippen LogP contribution in [0.1, 0.15) is 19.4 Å². The number of aryl methyl sites for hydroxylation is 1. The Kier molecular flexibility index (Phi) is 5.46. The molecule has 0 aromatic heterocycles. The van der Waals surface area contributed by atoms with Crippen LogP contribution in [0.4, 0.5) is 11.4 Å². The molecule has 0 spiro atoms. The van der Waals surface area contributed by atoms with Gasteiger partial charge in [0.25, 0.3) is 10.0 Å². The van der Waals surface area contributed by atoms with E-state index in [1.165, 1.54) is 32.2 Å². The van der Waals surface area contributed by atoms with Crippen molar-refractivity contribution >= 4 is 27.3 Å². The van der Waals surface area contributed by atoms with Crippen molar-refractivity contribution in [3.8, 4) is 5.75 Å². The zero-order valence-corrected chi connectivity index (χ0v) is 14.6. The van der Waals surface area contributed by atoms with E-state index < -0.39 is 10.0 Å². The van der Waals surface area contributed by atoms with Gasteiger partial charge >= 0.3 is 0 Å². The first-order valence-electron chi connectivity index (χ1n) is 7.43. The molecule has 0 saturated heterocycles. The summed E-state index contributed by atoms with van der Waals surface area (Å²) in [5.74, 6) is 0.0728. The van der Waals surface area contributed by atoms with Gasteiger partial charge in [-0.1, -0.05) is 19.1 Å². The second-order valence-electron chi connectivity index (χ2n) is 5.20. The highest BCUT2D eigenvalue weighted by Gasteiger charge is 2.17. The summed E-state index contributed by atoms with van der Waals surface area (Å²) in [6.45, 7) is 3.34. The molecule has 0 saturated carbocycles. The summed E-state index contributed by atoms with van der Waals surface area (Å²) in [6, 6.07) is 11.5. The number of anilines is 2.